The molecule has 12 heavy (non-hydrogen) atoms. The molecule has 2 heteroatoms. The zero-order valence-corrected chi connectivity index (χ0v) is 7.64. The Balaban J connectivity index is 2.07. The number of carbonyl (C=O) groups excluding carboxylic acids is 1. The van der Waals surface area contributed by atoms with Crippen molar-refractivity contribution < 1.29 is 9.53 Å². The van der Waals surface area contributed by atoms with E-state index in [4.69, 9.17) is 0 Å². The van der Waals surface area contributed by atoms with Crippen molar-refractivity contribution in [3.8, 4) is 0 Å². The van der Waals surface area contributed by atoms with Gasteiger partial charge in [-0.25, -0.2) is 0 Å². The lowest BCUT2D eigenvalue weighted by Gasteiger charge is -2.26. The molecule has 0 amide bonds. The van der Waals surface area contributed by atoms with Gasteiger partial charge in [0.05, 0.1) is 0 Å². The number of hydrogen-bond donors (Lipinski definition) is 0. The number of hydrogen-bond acceptors (Lipinski definition) is 2. The topological polar surface area (TPSA) is 26.3 Å². The first-order chi connectivity index (χ1) is 5.75. The maximum atomic E-state index is 10.8. The predicted molar refractivity (Wildman–Crippen MR) is 47.5 cm³/mol. The molecule has 2 nitrogen and oxygen atoms in total. The second-order valence-electron chi connectivity index (χ2n) is 3.29. The Labute approximate surface area is 73.6 Å². The third-order valence-electron chi connectivity index (χ3n) is 2.25. The third-order valence-corrected chi connectivity index (χ3v) is 2.25. The van der Waals surface area contributed by atoms with Crippen LogP contribution in [-0.4, -0.2) is 5.97 Å². The molecular weight excluding hydrogens is 152 g/mol. The molecule has 1 atom stereocenters. The number of ether oxygens (including phenoxy) is 1. The summed E-state index contributed by atoms with van der Waals surface area (Å²) in [5.74, 6) is 0.592. The number of unbranched alkanes of at least 4 members (excludes halogenated alkanes) is 3. The van der Waals surface area contributed by atoms with Gasteiger partial charge in [0.15, 0.2) is 0 Å². The smallest absolute Gasteiger partial charge is 0.321 e. The maximum Gasteiger partial charge on any atom is 0.321 e. The first-order valence-corrected chi connectivity index (χ1v) is 4.66. The Morgan fingerprint density at radius 3 is 2.67 bits per heavy atom. The first-order valence-electron chi connectivity index (χ1n) is 4.66. The van der Waals surface area contributed by atoms with Crippen LogP contribution >= 0.6 is 0 Å². The molecular formula is C10H16O2. The summed E-state index contributed by atoms with van der Waals surface area (Å²) in [4.78, 5) is 10.8. The standard InChI is InChI=1S/C10H16O2/c1-3-4-5-6-7-9-8(2)12-10(9)11/h9H,2-7H2,1H3. The van der Waals surface area contributed by atoms with Gasteiger partial charge >= 0.3 is 5.97 Å². The van der Waals surface area contributed by atoms with Crippen LogP contribution < -0.4 is 0 Å². The van der Waals surface area contributed by atoms with Crippen LogP contribution in [0.5, 0.6) is 0 Å². The molecule has 0 aliphatic carbocycles. The highest BCUT2D eigenvalue weighted by molar-refractivity contribution is 5.82. The molecule has 0 radical (unpaired) electrons. The van der Waals surface area contributed by atoms with Crippen molar-refractivity contribution in [3.63, 3.8) is 0 Å². The molecule has 68 valence electrons. The minimum atomic E-state index is -0.0866. The fourth-order valence-corrected chi connectivity index (χ4v) is 1.40. The van der Waals surface area contributed by atoms with Crippen molar-refractivity contribution in [3.05, 3.63) is 12.3 Å². The van der Waals surface area contributed by atoms with E-state index in [1.807, 2.05) is 0 Å². The predicted octanol–water partition coefficient (Wildman–Crippen LogP) is 2.64. The normalized spacial score (nSPS) is 21.9. The van der Waals surface area contributed by atoms with Gasteiger partial charge in [0.2, 0.25) is 0 Å². The van der Waals surface area contributed by atoms with Crippen LogP contribution in [0.25, 0.3) is 0 Å². The van der Waals surface area contributed by atoms with Crippen molar-refractivity contribution in [1.29, 1.82) is 0 Å². The summed E-state index contributed by atoms with van der Waals surface area (Å²) in [6, 6.07) is 0. The molecule has 1 aliphatic rings. The van der Waals surface area contributed by atoms with E-state index in [9.17, 15) is 4.79 Å². The zero-order valence-electron chi connectivity index (χ0n) is 7.64. The summed E-state index contributed by atoms with van der Waals surface area (Å²) in [6.07, 6.45) is 5.75. The lowest BCUT2D eigenvalue weighted by atomic mass is 9.96. The SMILES string of the molecule is C=C1OC(=O)C1CCCCCC. The Morgan fingerprint density at radius 1 is 1.42 bits per heavy atom. The Kier molecular flexibility index (Phi) is 3.32. The fraction of sp³-hybridized carbons (Fsp3) is 0.700. The van der Waals surface area contributed by atoms with Gasteiger partial charge < -0.3 is 4.74 Å². The molecule has 1 aliphatic heterocycles. The summed E-state index contributed by atoms with van der Waals surface area (Å²) in [5.41, 5.74) is 0. The molecule has 1 saturated heterocycles. The van der Waals surface area contributed by atoms with Crippen LogP contribution in [-0.2, 0) is 9.53 Å². The molecule has 0 bridgehead atoms. The molecule has 0 aromatic rings. The summed E-state index contributed by atoms with van der Waals surface area (Å²) in [5, 5.41) is 0. The van der Waals surface area contributed by atoms with Crippen molar-refractivity contribution in [2.75, 3.05) is 0 Å². The molecule has 0 N–H and O–H groups in total. The molecule has 0 saturated carbocycles. The molecule has 1 unspecified atom stereocenters. The van der Waals surface area contributed by atoms with Crippen LogP contribution in [0.3, 0.4) is 0 Å². The fourth-order valence-electron chi connectivity index (χ4n) is 1.40. The van der Waals surface area contributed by atoms with E-state index in [2.05, 4.69) is 18.2 Å². The second kappa shape index (κ2) is 4.29. The quantitative estimate of drug-likeness (QED) is 0.466. The van der Waals surface area contributed by atoms with Gasteiger partial charge in [-0.15, -0.1) is 0 Å². The number of cyclic esters (lactones) is 1. The molecule has 1 heterocycles. The molecule has 0 aromatic carbocycles. The van der Waals surface area contributed by atoms with Gasteiger partial charge in [0, 0.05) is 0 Å². The highest BCUT2D eigenvalue weighted by Crippen LogP contribution is 2.29. The lowest BCUT2D eigenvalue weighted by molar-refractivity contribution is -0.157. The monoisotopic (exact) mass is 168 g/mol. The summed E-state index contributed by atoms with van der Waals surface area (Å²) in [6.45, 7) is 5.83. The Hall–Kier alpha value is -0.790. The largest absolute Gasteiger partial charge is 0.430 e. The van der Waals surface area contributed by atoms with Gasteiger partial charge in [-0.3, -0.25) is 4.79 Å². The summed E-state index contributed by atoms with van der Waals surface area (Å²) < 4.78 is 4.68. The van der Waals surface area contributed by atoms with E-state index in [0.29, 0.717) is 5.76 Å². The van der Waals surface area contributed by atoms with Crippen molar-refractivity contribution in [1.82, 2.24) is 0 Å². The molecule has 1 fully saturated rings. The average molecular weight is 168 g/mol. The minimum absolute atomic E-state index is 0.0156. The summed E-state index contributed by atoms with van der Waals surface area (Å²) in [7, 11) is 0. The van der Waals surface area contributed by atoms with Crippen LogP contribution in [0.1, 0.15) is 39.0 Å². The first kappa shape index (κ1) is 9.30. The van der Waals surface area contributed by atoms with Crippen LogP contribution in [0.2, 0.25) is 0 Å². The van der Waals surface area contributed by atoms with E-state index in [1.54, 1.807) is 0 Å². The number of esters is 1. The highest BCUT2D eigenvalue weighted by atomic mass is 16.6. The Morgan fingerprint density at radius 2 is 2.17 bits per heavy atom. The van der Waals surface area contributed by atoms with E-state index in [1.165, 1.54) is 19.3 Å². The van der Waals surface area contributed by atoms with E-state index >= 15 is 0 Å². The van der Waals surface area contributed by atoms with Gasteiger partial charge in [0.1, 0.15) is 11.7 Å². The summed E-state index contributed by atoms with van der Waals surface area (Å²) >= 11 is 0. The molecule has 0 aromatic heterocycles. The number of rotatable bonds is 5. The van der Waals surface area contributed by atoms with Crippen molar-refractivity contribution >= 4 is 5.97 Å². The average Bonchev–Trinajstić information content (AvgIpc) is 2.04. The van der Waals surface area contributed by atoms with Gasteiger partial charge in [-0.1, -0.05) is 39.2 Å². The molecule has 0 spiro atoms. The number of carbonyl (C=O) groups is 1. The minimum Gasteiger partial charge on any atom is -0.430 e. The van der Waals surface area contributed by atoms with Crippen LogP contribution in [0.4, 0.5) is 0 Å². The third kappa shape index (κ3) is 2.10. The highest BCUT2D eigenvalue weighted by Gasteiger charge is 2.34. The van der Waals surface area contributed by atoms with E-state index < -0.39 is 0 Å². The van der Waals surface area contributed by atoms with Crippen molar-refractivity contribution in [2.45, 2.75) is 39.0 Å². The van der Waals surface area contributed by atoms with Crippen molar-refractivity contribution in [2.24, 2.45) is 5.92 Å². The van der Waals surface area contributed by atoms with Gasteiger partial charge in [-0.2, -0.15) is 0 Å². The van der Waals surface area contributed by atoms with Crippen LogP contribution in [0.15, 0.2) is 12.3 Å². The maximum absolute atomic E-state index is 10.8. The second-order valence-corrected chi connectivity index (χ2v) is 3.29. The lowest BCUT2D eigenvalue weighted by Crippen LogP contribution is -2.31. The Bertz CT molecular complexity index is 170. The van der Waals surface area contributed by atoms with Crippen LogP contribution in [0, 0.1) is 5.92 Å². The van der Waals surface area contributed by atoms with E-state index in [0.717, 1.165) is 12.8 Å². The van der Waals surface area contributed by atoms with E-state index in [-0.39, 0.29) is 11.9 Å². The molecule has 1 rings (SSSR count). The van der Waals surface area contributed by atoms with Gasteiger partial charge in [-0.05, 0) is 6.42 Å². The zero-order chi connectivity index (χ0) is 8.97. The van der Waals surface area contributed by atoms with Gasteiger partial charge in [0.25, 0.3) is 0 Å².